The first-order chi connectivity index (χ1) is 8.67. The van der Waals surface area contributed by atoms with E-state index in [2.05, 4.69) is 34.2 Å². The van der Waals surface area contributed by atoms with Gasteiger partial charge in [-0.3, -0.25) is 0 Å². The van der Waals surface area contributed by atoms with E-state index in [1.807, 2.05) is 12.1 Å². The summed E-state index contributed by atoms with van der Waals surface area (Å²) in [4.78, 5) is 0. The van der Waals surface area contributed by atoms with Crippen LogP contribution in [0.4, 0.5) is 0 Å². The molecule has 0 aliphatic carbocycles. The summed E-state index contributed by atoms with van der Waals surface area (Å²) < 4.78 is 6.41. The third-order valence-electron chi connectivity index (χ3n) is 2.87. The van der Waals surface area contributed by atoms with Crippen LogP contribution in [-0.4, -0.2) is 19.5 Å². The lowest BCUT2D eigenvalue weighted by Crippen LogP contribution is -2.16. The minimum Gasteiger partial charge on any atom is -0.496 e. The average molecular weight is 335 g/mol. The monoisotopic (exact) mass is 333 g/mol. The SMILES string of the molecule is COc1ccc(Br)cc1CNCCCC(C)CCl. The minimum atomic E-state index is 0.605. The molecule has 0 bridgehead atoms. The first kappa shape index (κ1) is 15.8. The summed E-state index contributed by atoms with van der Waals surface area (Å²) in [6.45, 7) is 4.03. The van der Waals surface area contributed by atoms with Crippen molar-refractivity contribution in [3.05, 3.63) is 28.2 Å². The third kappa shape index (κ3) is 5.59. The molecule has 0 fully saturated rings. The third-order valence-corrected chi connectivity index (χ3v) is 3.89. The second-order valence-electron chi connectivity index (χ2n) is 4.53. The molecule has 0 saturated carbocycles. The van der Waals surface area contributed by atoms with Gasteiger partial charge in [0.15, 0.2) is 0 Å². The number of nitrogens with one attached hydrogen (secondary N) is 1. The summed E-state index contributed by atoms with van der Waals surface area (Å²) >= 11 is 9.25. The summed E-state index contributed by atoms with van der Waals surface area (Å²) in [5.74, 6) is 2.29. The van der Waals surface area contributed by atoms with Gasteiger partial charge in [0, 0.05) is 22.5 Å². The maximum absolute atomic E-state index is 5.78. The lowest BCUT2D eigenvalue weighted by atomic mass is 10.1. The highest BCUT2D eigenvalue weighted by Gasteiger charge is 2.03. The fraction of sp³-hybridized carbons (Fsp3) is 0.571. The molecule has 0 amide bonds. The van der Waals surface area contributed by atoms with Crippen LogP contribution in [0.15, 0.2) is 22.7 Å². The van der Waals surface area contributed by atoms with E-state index in [1.54, 1.807) is 7.11 Å². The molecule has 4 heteroatoms. The van der Waals surface area contributed by atoms with E-state index in [4.69, 9.17) is 16.3 Å². The number of hydrogen-bond acceptors (Lipinski definition) is 2. The zero-order chi connectivity index (χ0) is 13.4. The molecular formula is C14H21BrClNO. The van der Waals surface area contributed by atoms with Gasteiger partial charge in [0.2, 0.25) is 0 Å². The molecule has 2 nitrogen and oxygen atoms in total. The van der Waals surface area contributed by atoms with Gasteiger partial charge in [-0.05, 0) is 43.5 Å². The lowest BCUT2D eigenvalue weighted by Gasteiger charge is -2.11. The normalized spacial score (nSPS) is 12.4. The van der Waals surface area contributed by atoms with Crippen LogP contribution in [-0.2, 0) is 6.54 Å². The van der Waals surface area contributed by atoms with Gasteiger partial charge in [-0.25, -0.2) is 0 Å². The number of methoxy groups -OCH3 is 1. The Morgan fingerprint density at radius 3 is 2.89 bits per heavy atom. The standard InChI is InChI=1S/C14H21BrClNO/c1-11(9-16)4-3-7-17-10-12-8-13(15)5-6-14(12)18-2/h5-6,8,11,17H,3-4,7,9-10H2,1-2H3. The van der Waals surface area contributed by atoms with Crippen molar-refractivity contribution in [2.75, 3.05) is 19.5 Å². The van der Waals surface area contributed by atoms with E-state index >= 15 is 0 Å². The Kier molecular flexibility index (Phi) is 7.71. The van der Waals surface area contributed by atoms with E-state index in [9.17, 15) is 0 Å². The Bertz CT molecular complexity index is 360. The van der Waals surface area contributed by atoms with Crippen LogP contribution in [0.25, 0.3) is 0 Å². The second-order valence-corrected chi connectivity index (χ2v) is 5.76. The lowest BCUT2D eigenvalue weighted by molar-refractivity contribution is 0.407. The van der Waals surface area contributed by atoms with Crippen LogP contribution in [0.1, 0.15) is 25.3 Å². The van der Waals surface area contributed by atoms with Gasteiger partial charge in [-0.1, -0.05) is 22.9 Å². The van der Waals surface area contributed by atoms with Crippen LogP contribution in [0.5, 0.6) is 5.75 Å². The van der Waals surface area contributed by atoms with E-state index in [-0.39, 0.29) is 0 Å². The van der Waals surface area contributed by atoms with E-state index in [1.165, 1.54) is 12.0 Å². The summed E-state index contributed by atoms with van der Waals surface area (Å²) in [7, 11) is 1.70. The Morgan fingerprint density at radius 1 is 1.44 bits per heavy atom. The molecule has 102 valence electrons. The number of hydrogen-bond donors (Lipinski definition) is 1. The smallest absolute Gasteiger partial charge is 0.123 e. The highest BCUT2D eigenvalue weighted by molar-refractivity contribution is 9.10. The Labute approximate surface area is 123 Å². The molecule has 0 spiro atoms. The van der Waals surface area contributed by atoms with Crippen LogP contribution < -0.4 is 10.1 Å². The molecule has 0 heterocycles. The van der Waals surface area contributed by atoms with Crippen molar-refractivity contribution in [2.45, 2.75) is 26.3 Å². The molecule has 1 N–H and O–H groups in total. The highest BCUT2D eigenvalue weighted by Crippen LogP contribution is 2.22. The molecule has 0 saturated heterocycles. The summed E-state index contributed by atoms with van der Waals surface area (Å²) in [5.41, 5.74) is 1.18. The quantitative estimate of drug-likeness (QED) is 0.568. The largest absolute Gasteiger partial charge is 0.496 e. The average Bonchev–Trinajstić information content (AvgIpc) is 2.38. The highest BCUT2D eigenvalue weighted by atomic mass is 79.9. The number of benzene rings is 1. The van der Waals surface area contributed by atoms with Crippen molar-refractivity contribution in [3.8, 4) is 5.75 Å². The molecule has 0 aromatic heterocycles. The van der Waals surface area contributed by atoms with Crippen LogP contribution in [0.3, 0.4) is 0 Å². The van der Waals surface area contributed by atoms with Crippen LogP contribution >= 0.6 is 27.5 Å². The Balaban J connectivity index is 2.32. The number of halogens is 2. The molecule has 0 radical (unpaired) electrons. The molecule has 1 unspecified atom stereocenters. The van der Waals surface area contributed by atoms with Gasteiger partial charge in [-0.2, -0.15) is 0 Å². The molecule has 1 rings (SSSR count). The van der Waals surface area contributed by atoms with Crippen molar-refractivity contribution >= 4 is 27.5 Å². The Morgan fingerprint density at radius 2 is 2.22 bits per heavy atom. The maximum Gasteiger partial charge on any atom is 0.123 e. The predicted molar refractivity (Wildman–Crippen MR) is 81.5 cm³/mol. The first-order valence-corrected chi connectivity index (χ1v) is 7.59. The topological polar surface area (TPSA) is 21.3 Å². The molecule has 18 heavy (non-hydrogen) atoms. The van der Waals surface area contributed by atoms with E-state index in [0.717, 1.165) is 35.6 Å². The molecular weight excluding hydrogens is 314 g/mol. The minimum absolute atomic E-state index is 0.605. The van der Waals surface area contributed by atoms with E-state index in [0.29, 0.717) is 5.92 Å². The van der Waals surface area contributed by atoms with Gasteiger partial charge >= 0.3 is 0 Å². The van der Waals surface area contributed by atoms with Crippen molar-refractivity contribution in [2.24, 2.45) is 5.92 Å². The zero-order valence-corrected chi connectivity index (χ0v) is 13.4. The predicted octanol–water partition coefficient (Wildman–Crippen LogP) is 4.20. The summed E-state index contributed by atoms with van der Waals surface area (Å²) in [6, 6.07) is 6.06. The zero-order valence-electron chi connectivity index (χ0n) is 11.0. The number of rotatable bonds is 8. The van der Waals surface area contributed by atoms with E-state index < -0.39 is 0 Å². The molecule has 1 aromatic rings. The fourth-order valence-electron chi connectivity index (χ4n) is 1.76. The maximum atomic E-state index is 5.78. The second kappa shape index (κ2) is 8.78. The molecule has 0 aliphatic rings. The van der Waals surface area contributed by atoms with Gasteiger partial charge in [0.1, 0.15) is 5.75 Å². The first-order valence-electron chi connectivity index (χ1n) is 6.26. The molecule has 1 atom stereocenters. The fourth-order valence-corrected chi connectivity index (χ4v) is 2.32. The van der Waals surface area contributed by atoms with Crippen molar-refractivity contribution in [3.63, 3.8) is 0 Å². The molecule has 1 aromatic carbocycles. The van der Waals surface area contributed by atoms with Gasteiger partial charge in [-0.15, -0.1) is 11.6 Å². The Hall–Kier alpha value is -0.250. The van der Waals surface area contributed by atoms with Crippen LogP contribution in [0, 0.1) is 5.92 Å². The summed E-state index contributed by atoms with van der Waals surface area (Å²) in [6.07, 6.45) is 2.33. The van der Waals surface area contributed by atoms with Gasteiger partial charge in [0.25, 0.3) is 0 Å². The van der Waals surface area contributed by atoms with Gasteiger partial charge < -0.3 is 10.1 Å². The van der Waals surface area contributed by atoms with Crippen molar-refractivity contribution < 1.29 is 4.74 Å². The summed E-state index contributed by atoms with van der Waals surface area (Å²) in [5, 5.41) is 3.44. The van der Waals surface area contributed by atoms with Crippen LogP contribution in [0.2, 0.25) is 0 Å². The number of ether oxygens (including phenoxy) is 1. The number of alkyl halides is 1. The molecule has 0 aliphatic heterocycles. The van der Waals surface area contributed by atoms with Crippen molar-refractivity contribution in [1.82, 2.24) is 5.32 Å². The van der Waals surface area contributed by atoms with Crippen molar-refractivity contribution in [1.29, 1.82) is 0 Å². The van der Waals surface area contributed by atoms with Gasteiger partial charge in [0.05, 0.1) is 7.11 Å².